The van der Waals surface area contributed by atoms with E-state index in [1.807, 2.05) is 36.4 Å². The van der Waals surface area contributed by atoms with Crippen molar-refractivity contribution >= 4 is 79.5 Å². The van der Waals surface area contributed by atoms with E-state index in [1.54, 1.807) is 24.3 Å². The van der Waals surface area contributed by atoms with Gasteiger partial charge in [-0.15, -0.1) is 0 Å². The maximum atomic E-state index is 12.6. The summed E-state index contributed by atoms with van der Waals surface area (Å²) in [6, 6.07) is 18.5. The molecular formula is C20H11ClI2N2O2. The topological polar surface area (TPSA) is 55.1 Å². The minimum absolute atomic E-state index is 0.160. The van der Waals surface area contributed by atoms with Gasteiger partial charge in [0.2, 0.25) is 5.89 Å². The molecular weight excluding hydrogens is 589 g/mol. The molecule has 0 saturated heterocycles. The van der Waals surface area contributed by atoms with Gasteiger partial charge in [0.1, 0.15) is 5.52 Å². The van der Waals surface area contributed by atoms with Crippen molar-refractivity contribution in [1.82, 2.24) is 4.98 Å². The zero-order chi connectivity index (χ0) is 19.0. The number of anilines is 1. The van der Waals surface area contributed by atoms with Gasteiger partial charge in [-0.1, -0.05) is 23.7 Å². The van der Waals surface area contributed by atoms with Crippen molar-refractivity contribution < 1.29 is 9.21 Å². The Morgan fingerprint density at radius 3 is 2.67 bits per heavy atom. The number of carbonyl (C=O) groups excluding carboxylic acids is 1. The second-order valence-corrected chi connectivity index (χ2v) is 8.57. The SMILES string of the molecule is O=C(Nc1ccc2oc(-c3ccccc3Cl)nc2c1)c1cc(I)ccc1I. The quantitative estimate of drug-likeness (QED) is 0.270. The van der Waals surface area contributed by atoms with Crippen LogP contribution in [0.15, 0.2) is 65.1 Å². The number of hydrogen-bond donors (Lipinski definition) is 1. The number of rotatable bonds is 3. The predicted octanol–water partition coefficient (Wildman–Crippen LogP) is 6.61. The van der Waals surface area contributed by atoms with Gasteiger partial charge >= 0.3 is 0 Å². The van der Waals surface area contributed by atoms with Crippen LogP contribution in [0.1, 0.15) is 10.4 Å². The highest BCUT2D eigenvalue weighted by molar-refractivity contribution is 14.1. The Labute approximate surface area is 187 Å². The number of nitrogens with zero attached hydrogens (tertiary/aromatic N) is 1. The first-order chi connectivity index (χ1) is 13.0. The number of aromatic nitrogens is 1. The molecule has 1 heterocycles. The zero-order valence-electron chi connectivity index (χ0n) is 13.7. The molecule has 1 N–H and O–H groups in total. The third-order valence-corrected chi connectivity index (χ3v) is 5.86. The molecule has 134 valence electrons. The average Bonchev–Trinajstić information content (AvgIpc) is 3.07. The molecule has 0 radical (unpaired) electrons. The summed E-state index contributed by atoms with van der Waals surface area (Å²) in [6.45, 7) is 0. The van der Waals surface area contributed by atoms with Crippen molar-refractivity contribution in [3.63, 3.8) is 0 Å². The first kappa shape index (κ1) is 18.7. The number of benzene rings is 3. The van der Waals surface area contributed by atoms with Gasteiger partial charge in [0, 0.05) is 12.8 Å². The van der Waals surface area contributed by atoms with Crippen LogP contribution in [0.2, 0.25) is 5.02 Å². The molecule has 7 heteroatoms. The first-order valence-electron chi connectivity index (χ1n) is 7.93. The molecule has 3 aromatic carbocycles. The standard InChI is InChI=1S/C20H11ClI2N2O2/c21-15-4-2-1-3-13(15)20-25-17-10-12(6-8-18(17)27-20)24-19(26)14-9-11(22)5-7-16(14)23/h1-10H,(H,24,26). The number of halogens is 3. The fraction of sp³-hybridized carbons (Fsp3) is 0. The molecule has 1 amide bonds. The summed E-state index contributed by atoms with van der Waals surface area (Å²) in [6.07, 6.45) is 0. The maximum absolute atomic E-state index is 12.6. The normalized spacial score (nSPS) is 10.9. The highest BCUT2D eigenvalue weighted by atomic mass is 127. The third kappa shape index (κ3) is 3.97. The largest absolute Gasteiger partial charge is 0.436 e. The summed E-state index contributed by atoms with van der Waals surface area (Å²) in [5.74, 6) is 0.290. The number of carbonyl (C=O) groups is 1. The van der Waals surface area contributed by atoms with Crippen LogP contribution in [0, 0.1) is 7.14 Å². The third-order valence-electron chi connectivity index (χ3n) is 3.92. The van der Waals surface area contributed by atoms with E-state index in [4.69, 9.17) is 16.0 Å². The van der Waals surface area contributed by atoms with Gasteiger partial charge in [0.25, 0.3) is 5.91 Å². The van der Waals surface area contributed by atoms with Crippen molar-refractivity contribution in [2.75, 3.05) is 5.32 Å². The van der Waals surface area contributed by atoms with Crippen molar-refractivity contribution in [1.29, 1.82) is 0 Å². The van der Waals surface area contributed by atoms with Crippen LogP contribution in [0.3, 0.4) is 0 Å². The second kappa shape index (κ2) is 7.76. The number of amides is 1. The predicted molar refractivity (Wildman–Crippen MR) is 124 cm³/mol. The van der Waals surface area contributed by atoms with Crippen LogP contribution in [0.5, 0.6) is 0 Å². The van der Waals surface area contributed by atoms with Gasteiger partial charge in [-0.05, 0) is 93.7 Å². The molecule has 27 heavy (non-hydrogen) atoms. The highest BCUT2D eigenvalue weighted by Gasteiger charge is 2.14. The maximum Gasteiger partial charge on any atom is 0.256 e. The van der Waals surface area contributed by atoms with Crippen LogP contribution >= 0.6 is 56.8 Å². The van der Waals surface area contributed by atoms with Crippen molar-refractivity contribution in [2.45, 2.75) is 0 Å². The zero-order valence-corrected chi connectivity index (χ0v) is 18.7. The fourth-order valence-electron chi connectivity index (χ4n) is 2.62. The summed E-state index contributed by atoms with van der Waals surface area (Å²) >= 11 is 10.6. The van der Waals surface area contributed by atoms with Gasteiger partial charge in [0.15, 0.2) is 5.58 Å². The molecule has 0 saturated carbocycles. The Bertz CT molecular complexity index is 1170. The molecule has 0 aliphatic carbocycles. The van der Waals surface area contributed by atoms with Crippen LogP contribution in [-0.2, 0) is 0 Å². The average molecular weight is 601 g/mol. The molecule has 0 fully saturated rings. The Balaban J connectivity index is 1.65. The lowest BCUT2D eigenvalue weighted by atomic mass is 10.2. The molecule has 4 aromatic rings. The van der Waals surface area contributed by atoms with Gasteiger partial charge in [-0.25, -0.2) is 4.98 Å². The molecule has 4 rings (SSSR count). The van der Waals surface area contributed by atoms with Crippen LogP contribution in [0.4, 0.5) is 5.69 Å². The van der Waals surface area contributed by atoms with E-state index in [9.17, 15) is 4.79 Å². The fourth-order valence-corrected chi connectivity index (χ4v) is 3.91. The van der Waals surface area contributed by atoms with Crippen molar-refractivity contribution in [3.05, 3.63) is 78.4 Å². The lowest BCUT2D eigenvalue weighted by Crippen LogP contribution is -2.13. The smallest absolute Gasteiger partial charge is 0.256 e. The summed E-state index contributed by atoms with van der Waals surface area (Å²) in [5.41, 5.74) is 3.31. The van der Waals surface area contributed by atoms with E-state index < -0.39 is 0 Å². The number of oxazole rings is 1. The van der Waals surface area contributed by atoms with E-state index in [1.165, 1.54) is 0 Å². The number of hydrogen-bond acceptors (Lipinski definition) is 3. The van der Waals surface area contributed by atoms with Crippen molar-refractivity contribution in [3.8, 4) is 11.5 Å². The molecule has 1 aromatic heterocycles. The lowest BCUT2D eigenvalue weighted by Gasteiger charge is -2.07. The Morgan fingerprint density at radius 2 is 1.85 bits per heavy atom. The molecule has 4 nitrogen and oxygen atoms in total. The summed E-state index contributed by atoms with van der Waals surface area (Å²) < 4.78 is 7.71. The molecule has 0 aliphatic heterocycles. The first-order valence-corrected chi connectivity index (χ1v) is 10.5. The molecule has 0 unspecified atom stereocenters. The minimum atomic E-state index is -0.160. The van der Waals surface area contributed by atoms with Crippen LogP contribution in [0.25, 0.3) is 22.6 Å². The van der Waals surface area contributed by atoms with E-state index in [0.717, 1.165) is 12.7 Å². The van der Waals surface area contributed by atoms with Crippen LogP contribution in [-0.4, -0.2) is 10.9 Å². The Morgan fingerprint density at radius 1 is 1.04 bits per heavy atom. The van der Waals surface area contributed by atoms with Crippen LogP contribution < -0.4 is 5.32 Å². The van der Waals surface area contributed by atoms with Gasteiger partial charge < -0.3 is 9.73 Å². The van der Waals surface area contributed by atoms with Gasteiger partial charge in [-0.2, -0.15) is 0 Å². The summed E-state index contributed by atoms with van der Waals surface area (Å²) in [5, 5.41) is 3.50. The summed E-state index contributed by atoms with van der Waals surface area (Å²) in [4.78, 5) is 17.1. The monoisotopic (exact) mass is 600 g/mol. The minimum Gasteiger partial charge on any atom is -0.436 e. The number of nitrogens with one attached hydrogen (secondary N) is 1. The van der Waals surface area contributed by atoms with E-state index in [0.29, 0.717) is 33.3 Å². The van der Waals surface area contributed by atoms with E-state index >= 15 is 0 Å². The second-order valence-electron chi connectivity index (χ2n) is 5.76. The molecule has 0 bridgehead atoms. The molecule has 0 aliphatic rings. The lowest BCUT2D eigenvalue weighted by molar-refractivity contribution is 0.102. The van der Waals surface area contributed by atoms with E-state index in [-0.39, 0.29) is 5.91 Å². The molecule has 0 spiro atoms. The number of fused-ring (bicyclic) bond motifs is 1. The van der Waals surface area contributed by atoms with E-state index in [2.05, 4.69) is 55.5 Å². The van der Waals surface area contributed by atoms with Gasteiger partial charge in [-0.3, -0.25) is 4.79 Å². The summed E-state index contributed by atoms with van der Waals surface area (Å²) in [7, 11) is 0. The van der Waals surface area contributed by atoms with Gasteiger partial charge in [0.05, 0.1) is 16.1 Å². The van der Waals surface area contributed by atoms with Crippen molar-refractivity contribution in [2.24, 2.45) is 0 Å². The Kier molecular flexibility index (Phi) is 5.38. The highest BCUT2D eigenvalue weighted by Crippen LogP contribution is 2.30. The molecule has 0 atom stereocenters. The Hall–Kier alpha value is -1.65.